The Bertz CT molecular complexity index is 101. The first-order valence-electron chi connectivity index (χ1n) is 5.88. The second-order valence-electron chi connectivity index (χ2n) is 3.50. The fourth-order valence-electron chi connectivity index (χ4n) is 1.11. The molecule has 0 aliphatic carbocycles. The van der Waals surface area contributed by atoms with Crippen LogP contribution in [-0.2, 0) is 9.47 Å². The SMILES string of the molecule is C.C.C.NCCCOCCCCOCCCCO. The normalized spacial score (nSPS) is 9.00. The van der Waals surface area contributed by atoms with Gasteiger partial charge in [0.2, 0.25) is 0 Å². The Labute approximate surface area is 115 Å². The fraction of sp³-hybridized carbons (Fsp3) is 1.00. The van der Waals surface area contributed by atoms with Gasteiger partial charge in [-0.05, 0) is 38.6 Å². The number of ether oxygens (including phenoxy) is 2. The summed E-state index contributed by atoms with van der Waals surface area (Å²) < 4.78 is 10.7. The van der Waals surface area contributed by atoms with Crippen LogP contribution in [0.1, 0.15) is 54.4 Å². The van der Waals surface area contributed by atoms with E-state index in [4.69, 9.17) is 20.3 Å². The molecule has 0 aromatic rings. The van der Waals surface area contributed by atoms with E-state index in [9.17, 15) is 0 Å². The standard InChI is InChI=1S/C11H25NO3.3CH4/c12-6-5-11-15-10-4-3-9-14-8-2-1-7-13;;;/h13H,1-12H2;3*1H4. The van der Waals surface area contributed by atoms with E-state index in [-0.39, 0.29) is 28.9 Å². The fourth-order valence-corrected chi connectivity index (χ4v) is 1.11. The summed E-state index contributed by atoms with van der Waals surface area (Å²) in [5.41, 5.74) is 5.33. The van der Waals surface area contributed by atoms with Crippen molar-refractivity contribution in [3.8, 4) is 0 Å². The van der Waals surface area contributed by atoms with Gasteiger partial charge in [0.25, 0.3) is 0 Å². The summed E-state index contributed by atoms with van der Waals surface area (Å²) in [6.45, 7) is 4.10. The van der Waals surface area contributed by atoms with E-state index in [0.717, 1.165) is 58.5 Å². The Morgan fingerprint density at radius 3 is 1.44 bits per heavy atom. The number of unbranched alkanes of at least 4 members (excludes halogenated alkanes) is 2. The van der Waals surface area contributed by atoms with Crippen LogP contribution >= 0.6 is 0 Å². The van der Waals surface area contributed by atoms with Crippen LogP contribution in [0.2, 0.25) is 0 Å². The van der Waals surface area contributed by atoms with Gasteiger partial charge in [0, 0.05) is 33.0 Å². The summed E-state index contributed by atoms with van der Waals surface area (Å²) in [5, 5.41) is 8.53. The number of hydrogen-bond acceptors (Lipinski definition) is 4. The maximum Gasteiger partial charge on any atom is 0.0478 e. The molecule has 0 aromatic heterocycles. The zero-order chi connectivity index (χ0) is 11.2. The monoisotopic (exact) mass is 267 g/mol. The molecule has 0 heterocycles. The van der Waals surface area contributed by atoms with E-state index < -0.39 is 0 Å². The predicted octanol–water partition coefficient (Wildman–Crippen LogP) is 2.83. The Morgan fingerprint density at radius 1 is 0.667 bits per heavy atom. The van der Waals surface area contributed by atoms with Crippen molar-refractivity contribution in [1.29, 1.82) is 0 Å². The summed E-state index contributed by atoms with van der Waals surface area (Å²) >= 11 is 0. The van der Waals surface area contributed by atoms with E-state index in [0.29, 0.717) is 6.54 Å². The van der Waals surface area contributed by atoms with Crippen LogP contribution in [-0.4, -0.2) is 44.7 Å². The van der Waals surface area contributed by atoms with Crippen molar-refractivity contribution in [3.63, 3.8) is 0 Å². The Hall–Kier alpha value is -0.160. The molecule has 0 unspecified atom stereocenters. The molecule has 0 saturated carbocycles. The van der Waals surface area contributed by atoms with Gasteiger partial charge in [-0.2, -0.15) is 0 Å². The zero-order valence-corrected chi connectivity index (χ0v) is 9.62. The van der Waals surface area contributed by atoms with E-state index in [2.05, 4.69) is 0 Å². The molecule has 4 nitrogen and oxygen atoms in total. The van der Waals surface area contributed by atoms with Crippen LogP contribution in [0, 0.1) is 0 Å². The molecule has 0 aliphatic heterocycles. The number of nitrogens with two attached hydrogens (primary N) is 1. The number of rotatable bonds is 12. The third-order valence-electron chi connectivity index (χ3n) is 2.02. The molecule has 0 rings (SSSR count). The van der Waals surface area contributed by atoms with Crippen molar-refractivity contribution in [1.82, 2.24) is 0 Å². The van der Waals surface area contributed by atoms with Crippen LogP contribution in [0.4, 0.5) is 0 Å². The quantitative estimate of drug-likeness (QED) is 0.534. The largest absolute Gasteiger partial charge is 0.396 e. The average molecular weight is 267 g/mol. The molecule has 0 spiro atoms. The van der Waals surface area contributed by atoms with Gasteiger partial charge in [0.15, 0.2) is 0 Å². The summed E-state index contributed by atoms with van der Waals surface area (Å²) in [5.74, 6) is 0. The molecule has 0 bridgehead atoms. The molecule has 0 saturated heterocycles. The first-order chi connectivity index (χ1) is 7.41. The minimum Gasteiger partial charge on any atom is -0.396 e. The van der Waals surface area contributed by atoms with E-state index in [1.54, 1.807) is 0 Å². The Kier molecular flexibility index (Phi) is 37.6. The lowest BCUT2D eigenvalue weighted by atomic mass is 10.3. The highest BCUT2D eigenvalue weighted by Gasteiger charge is 1.91. The van der Waals surface area contributed by atoms with Crippen LogP contribution in [0.15, 0.2) is 0 Å². The van der Waals surface area contributed by atoms with Gasteiger partial charge in [-0.3, -0.25) is 0 Å². The van der Waals surface area contributed by atoms with E-state index in [1.165, 1.54) is 0 Å². The molecule has 116 valence electrons. The maximum atomic E-state index is 8.53. The highest BCUT2D eigenvalue weighted by Crippen LogP contribution is 1.94. The smallest absolute Gasteiger partial charge is 0.0478 e. The van der Waals surface area contributed by atoms with Crippen LogP contribution in [0.3, 0.4) is 0 Å². The van der Waals surface area contributed by atoms with Crippen LogP contribution in [0.25, 0.3) is 0 Å². The number of hydrogen-bond donors (Lipinski definition) is 2. The molecule has 0 aliphatic rings. The summed E-state index contributed by atoms with van der Waals surface area (Å²) in [6, 6.07) is 0. The van der Waals surface area contributed by atoms with Crippen LogP contribution < -0.4 is 5.73 Å². The highest BCUT2D eigenvalue weighted by atomic mass is 16.5. The predicted molar refractivity (Wildman–Crippen MR) is 81.1 cm³/mol. The van der Waals surface area contributed by atoms with Gasteiger partial charge in [0.1, 0.15) is 0 Å². The highest BCUT2D eigenvalue weighted by molar-refractivity contribution is 4.41. The van der Waals surface area contributed by atoms with Crippen LogP contribution in [0.5, 0.6) is 0 Å². The zero-order valence-electron chi connectivity index (χ0n) is 9.62. The lowest BCUT2D eigenvalue weighted by molar-refractivity contribution is 0.0987. The first-order valence-corrected chi connectivity index (χ1v) is 5.88. The lowest BCUT2D eigenvalue weighted by Crippen LogP contribution is -2.05. The molecule has 0 atom stereocenters. The molecule has 3 N–H and O–H groups in total. The molecule has 0 radical (unpaired) electrons. The molecule has 0 aromatic carbocycles. The molecule has 18 heavy (non-hydrogen) atoms. The molecule has 0 amide bonds. The van der Waals surface area contributed by atoms with E-state index in [1.807, 2.05) is 0 Å². The minimum absolute atomic E-state index is 0. The third-order valence-corrected chi connectivity index (χ3v) is 2.02. The van der Waals surface area contributed by atoms with Crippen molar-refractivity contribution >= 4 is 0 Å². The van der Waals surface area contributed by atoms with Crippen molar-refractivity contribution in [2.24, 2.45) is 5.73 Å². The first kappa shape index (κ1) is 26.4. The van der Waals surface area contributed by atoms with Gasteiger partial charge in [-0.1, -0.05) is 22.3 Å². The maximum absolute atomic E-state index is 8.53. The average Bonchev–Trinajstić information content (AvgIpc) is 2.26. The van der Waals surface area contributed by atoms with Crippen molar-refractivity contribution in [3.05, 3.63) is 0 Å². The topological polar surface area (TPSA) is 64.7 Å². The third kappa shape index (κ3) is 24.9. The van der Waals surface area contributed by atoms with Gasteiger partial charge >= 0.3 is 0 Å². The Balaban J connectivity index is -0.000000327. The lowest BCUT2D eigenvalue weighted by Gasteiger charge is -2.04. The number of aliphatic hydroxyl groups excluding tert-OH is 1. The minimum atomic E-state index is 0. The molecule has 4 heteroatoms. The van der Waals surface area contributed by atoms with Crippen molar-refractivity contribution in [2.45, 2.75) is 54.4 Å². The number of aliphatic hydroxyl groups is 1. The van der Waals surface area contributed by atoms with Crippen molar-refractivity contribution < 1.29 is 14.6 Å². The van der Waals surface area contributed by atoms with Gasteiger partial charge in [-0.15, -0.1) is 0 Å². The Morgan fingerprint density at radius 2 is 1.06 bits per heavy atom. The van der Waals surface area contributed by atoms with Gasteiger partial charge < -0.3 is 20.3 Å². The summed E-state index contributed by atoms with van der Waals surface area (Å²) in [6.07, 6.45) is 4.82. The second kappa shape index (κ2) is 25.6. The molecule has 0 fully saturated rings. The van der Waals surface area contributed by atoms with E-state index >= 15 is 0 Å². The second-order valence-corrected chi connectivity index (χ2v) is 3.50. The summed E-state index contributed by atoms with van der Waals surface area (Å²) in [4.78, 5) is 0. The van der Waals surface area contributed by atoms with Gasteiger partial charge in [0.05, 0.1) is 0 Å². The summed E-state index contributed by atoms with van der Waals surface area (Å²) in [7, 11) is 0. The molecular formula is C14H37NO3. The molecular weight excluding hydrogens is 230 g/mol. The van der Waals surface area contributed by atoms with Crippen molar-refractivity contribution in [2.75, 3.05) is 39.6 Å². The van der Waals surface area contributed by atoms with Gasteiger partial charge in [-0.25, -0.2) is 0 Å².